The van der Waals surface area contributed by atoms with E-state index in [1.54, 1.807) is 0 Å². The molecule has 2 rings (SSSR count). The number of rotatable bonds is 1. The van der Waals surface area contributed by atoms with Crippen molar-refractivity contribution in [1.82, 2.24) is 0 Å². The molecule has 0 radical (unpaired) electrons. The second-order valence-electron chi connectivity index (χ2n) is 2.99. The molecule has 2 unspecified atom stereocenters. The Hall–Kier alpha value is 0.780. The third-order valence-electron chi connectivity index (χ3n) is 2.17. The molecule has 0 bridgehead atoms. The zero-order chi connectivity index (χ0) is 7.68. The summed E-state index contributed by atoms with van der Waals surface area (Å²) in [5, 5.41) is 0. The van der Waals surface area contributed by atoms with Gasteiger partial charge in [-0.1, -0.05) is 16.5 Å². The largest absolute Gasteiger partial charge is 0.371 e. The summed E-state index contributed by atoms with van der Waals surface area (Å²) < 4.78 is 11.3. The topological polar surface area (TPSA) is 18.5 Å². The van der Waals surface area contributed by atoms with Crippen molar-refractivity contribution in [2.24, 2.45) is 0 Å². The number of hydrogen-bond acceptors (Lipinski definition) is 2. The highest BCUT2D eigenvalue weighted by Crippen LogP contribution is 2.49. The van der Waals surface area contributed by atoms with Crippen LogP contribution < -0.4 is 0 Å². The second-order valence-corrected chi connectivity index (χ2v) is 6.93. The Morgan fingerprint density at radius 2 is 2.27 bits per heavy atom. The van der Waals surface area contributed by atoms with Gasteiger partial charge in [-0.15, -0.1) is 0 Å². The number of hydrogen-bond donors (Lipinski definition) is 0. The quantitative estimate of drug-likeness (QED) is 0.586. The van der Waals surface area contributed by atoms with Gasteiger partial charge in [-0.05, 0) is 19.0 Å². The maximum Gasteiger partial charge on any atom is 0.106 e. The molecule has 0 aromatic heterocycles. The van der Waals surface area contributed by atoms with Gasteiger partial charge < -0.3 is 9.47 Å². The van der Waals surface area contributed by atoms with Crippen LogP contribution in [-0.4, -0.2) is 43.9 Å². The van der Waals surface area contributed by atoms with Crippen LogP contribution in [0, 0.1) is 0 Å². The molecule has 0 amide bonds. The van der Waals surface area contributed by atoms with Crippen LogP contribution in [0.2, 0.25) is 0 Å². The summed E-state index contributed by atoms with van der Waals surface area (Å²) in [6.07, 6.45) is 2.54. The van der Waals surface area contributed by atoms with Crippen molar-refractivity contribution in [3.63, 3.8) is 0 Å². The van der Waals surface area contributed by atoms with E-state index in [0.717, 1.165) is 21.8 Å². The molecule has 0 aromatic rings. The van der Waals surface area contributed by atoms with Crippen molar-refractivity contribution in [3.05, 3.63) is 0 Å². The van der Waals surface area contributed by atoms with Crippen molar-refractivity contribution >= 4 is 16.5 Å². The van der Waals surface area contributed by atoms with E-state index in [2.05, 4.69) is 6.66 Å². The third-order valence-corrected chi connectivity index (χ3v) is 5.99. The van der Waals surface area contributed by atoms with Crippen LogP contribution in [-0.2, 0) is 9.47 Å². The Balaban J connectivity index is 1.92. The second kappa shape index (κ2) is 3.66. The van der Waals surface area contributed by atoms with E-state index >= 15 is 0 Å². The van der Waals surface area contributed by atoms with E-state index in [0.29, 0.717) is 11.7 Å². The van der Waals surface area contributed by atoms with Gasteiger partial charge in [0.25, 0.3) is 0 Å². The Kier molecular flexibility index (Phi) is 2.79. The minimum absolute atomic E-state index is 0.120. The van der Waals surface area contributed by atoms with E-state index in [-0.39, 0.29) is 7.92 Å². The molecule has 2 nitrogen and oxygen atoms in total. The molecule has 64 valence electrons. The molecule has 0 saturated carbocycles. The Bertz CT molecular complexity index is 136. The van der Waals surface area contributed by atoms with Crippen LogP contribution in [0.15, 0.2) is 0 Å². The monoisotopic (exact) mass is 192 g/mol. The fourth-order valence-electron chi connectivity index (χ4n) is 1.52. The Labute approximate surface area is 70.6 Å². The summed E-state index contributed by atoms with van der Waals surface area (Å²) in [5.74, 6) is 0.944. The van der Waals surface area contributed by atoms with Gasteiger partial charge in [0.05, 0.1) is 13.2 Å². The van der Waals surface area contributed by atoms with E-state index in [1.165, 1.54) is 12.3 Å². The maximum atomic E-state index is 5.66. The molecular formula is C7H14O2P2. The van der Waals surface area contributed by atoms with E-state index < -0.39 is 0 Å². The highest BCUT2D eigenvalue weighted by atomic mass is 31.1. The molecule has 2 aliphatic rings. The van der Waals surface area contributed by atoms with Crippen molar-refractivity contribution < 1.29 is 9.47 Å². The smallest absolute Gasteiger partial charge is 0.106 e. The van der Waals surface area contributed by atoms with Gasteiger partial charge in [-0.3, -0.25) is 0 Å². The Morgan fingerprint density at radius 3 is 2.82 bits per heavy atom. The highest BCUT2D eigenvalue weighted by molar-refractivity contribution is 7.58. The van der Waals surface area contributed by atoms with Gasteiger partial charge in [0.2, 0.25) is 0 Å². The van der Waals surface area contributed by atoms with Crippen LogP contribution in [0.25, 0.3) is 0 Å². The minimum atomic E-state index is 0.120. The summed E-state index contributed by atoms with van der Waals surface area (Å²) in [6, 6.07) is 0. The lowest BCUT2D eigenvalue weighted by Gasteiger charge is -2.20. The molecule has 4 heteroatoms. The van der Waals surface area contributed by atoms with Crippen molar-refractivity contribution in [1.29, 1.82) is 0 Å². The van der Waals surface area contributed by atoms with Gasteiger partial charge in [0.15, 0.2) is 0 Å². The zero-order valence-corrected chi connectivity index (χ0v) is 8.64. The summed E-state index contributed by atoms with van der Waals surface area (Å²) in [7, 11) is 1.11. The van der Waals surface area contributed by atoms with Gasteiger partial charge in [0, 0.05) is 0 Å². The standard InChI is InChI=1S/C7H14O2P2/c1-11-5-3-9-7(11)6-8-2-4-10-6/h6-7,10H,2-5H2,1H3/t6?,7-,11+/m0/s1. The lowest BCUT2D eigenvalue weighted by Crippen LogP contribution is -2.19. The predicted molar refractivity (Wildman–Crippen MR) is 50.4 cm³/mol. The van der Waals surface area contributed by atoms with E-state index in [9.17, 15) is 0 Å². The van der Waals surface area contributed by atoms with Crippen LogP contribution in [0.5, 0.6) is 0 Å². The zero-order valence-electron chi connectivity index (χ0n) is 6.75. The lowest BCUT2D eigenvalue weighted by molar-refractivity contribution is 0.0368. The molecule has 2 fully saturated rings. The highest BCUT2D eigenvalue weighted by Gasteiger charge is 2.34. The molecular weight excluding hydrogens is 178 g/mol. The molecule has 2 saturated heterocycles. The molecule has 4 atom stereocenters. The average molecular weight is 192 g/mol. The van der Waals surface area contributed by atoms with Crippen molar-refractivity contribution in [2.75, 3.05) is 32.2 Å². The lowest BCUT2D eigenvalue weighted by atomic mass is 10.7. The molecule has 11 heavy (non-hydrogen) atoms. The minimum Gasteiger partial charge on any atom is -0.371 e. The Morgan fingerprint density at radius 1 is 1.36 bits per heavy atom. The van der Waals surface area contributed by atoms with Crippen LogP contribution in [0.1, 0.15) is 0 Å². The maximum absolute atomic E-state index is 5.66. The normalized spacial score (nSPS) is 47.2. The number of ether oxygens (including phenoxy) is 2. The van der Waals surface area contributed by atoms with Crippen molar-refractivity contribution in [3.8, 4) is 0 Å². The first kappa shape index (κ1) is 8.38. The summed E-state index contributed by atoms with van der Waals surface area (Å²) in [6.45, 7) is 4.27. The molecule has 2 aliphatic heterocycles. The SMILES string of the molecule is C[P@]1CCO[C@@H]1C1OCCP1. The average Bonchev–Trinajstić information content (AvgIpc) is 2.55. The fourth-order valence-corrected chi connectivity index (χ4v) is 5.21. The third kappa shape index (κ3) is 1.75. The first-order chi connectivity index (χ1) is 5.38. The first-order valence-electron chi connectivity index (χ1n) is 4.05. The van der Waals surface area contributed by atoms with E-state index in [4.69, 9.17) is 9.47 Å². The van der Waals surface area contributed by atoms with Crippen LogP contribution in [0.4, 0.5) is 0 Å². The molecule has 0 N–H and O–H groups in total. The fraction of sp³-hybridized carbons (Fsp3) is 1.00. The van der Waals surface area contributed by atoms with Gasteiger partial charge in [-0.25, -0.2) is 0 Å². The van der Waals surface area contributed by atoms with Gasteiger partial charge >= 0.3 is 0 Å². The van der Waals surface area contributed by atoms with Gasteiger partial charge in [-0.2, -0.15) is 0 Å². The van der Waals surface area contributed by atoms with Crippen LogP contribution >= 0.6 is 16.5 Å². The van der Waals surface area contributed by atoms with Crippen LogP contribution in [0.3, 0.4) is 0 Å². The molecule has 0 aromatic carbocycles. The van der Waals surface area contributed by atoms with Crippen molar-refractivity contribution in [2.45, 2.75) is 11.7 Å². The first-order valence-corrected chi connectivity index (χ1v) is 7.37. The van der Waals surface area contributed by atoms with Gasteiger partial charge in [0.1, 0.15) is 11.7 Å². The predicted octanol–water partition coefficient (Wildman–Crippen LogP) is 1.49. The molecule has 0 spiro atoms. The molecule has 0 aliphatic carbocycles. The molecule has 2 heterocycles. The summed E-state index contributed by atoms with van der Waals surface area (Å²) in [5.41, 5.74) is 0. The summed E-state index contributed by atoms with van der Waals surface area (Å²) >= 11 is 0. The van der Waals surface area contributed by atoms with E-state index in [1.807, 2.05) is 0 Å². The summed E-state index contributed by atoms with van der Waals surface area (Å²) in [4.78, 5) is 0.